The zero-order chi connectivity index (χ0) is 19.6. The topological polar surface area (TPSA) is 40.6 Å². The smallest absolute Gasteiger partial charge is 0.268 e. The molecule has 5 heteroatoms. The number of amides is 2. The highest BCUT2D eigenvalue weighted by molar-refractivity contribution is 7.20. The van der Waals surface area contributed by atoms with Crippen molar-refractivity contribution < 1.29 is 9.59 Å². The Morgan fingerprint density at radius 1 is 1.00 bits per heavy atom. The third kappa shape index (κ3) is 4.19. The number of nitrogens with zero attached hydrogens (tertiary/aromatic N) is 2. The summed E-state index contributed by atoms with van der Waals surface area (Å²) < 4.78 is 1.11. The number of anilines is 1. The molecule has 1 heterocycles. The summed E-state index contributed by atoms with van der Waals surface area (Å²) in [5.74, 6) is 0.0631. The molecule has 0 saturated carbocycles. The monoisotopic (exact) mass is 380 g/mol. The van der Waals surface area contributed by atoms with Crippen molar-refractivity contribution in [1.82, 2.24) is 4.90 Å². The van der Waals surface area contributed by atoms with Gasteiger partial charge in [-0.05, 0) is 49.1 Å². The van der Waals surface area contributed by atoms with E-state index in [1.807, 2.05) is 73.3 Å². The average Bonchev–Trinajstić information content (AvgIpc) is 3.07. The number of carbonyl (C=O) groups is 2. The van der Waals surface area contributed by atoms with Crippen LogP contribution < -0.4 is 4.90 Å². The third-order valence-electron chi connectivity index (χ3n) is 4.44. The molecule has 0 atom stereocenters. The first-order valence-corrected chi connectivity index (χ1v) is 9.79. The van der Waals surface area contributed by atoms with E-state index in [0.717, 1.165) is 26.2 Å². The van der Waals surface area contributed by atoms with Gasteiger partial charge in [0.2, 0.25) is 5.91 Å². The Balaban J connectivity index is 1.86. The summed E-state index contributed by atoms with van der Waals surface area (Å²) in [6.45, 7) is 4.02. The van der Waals surface area contributed by atoms with Crippen molar-refractivity contribution >= 4 is 38.9 Å². The molecule has 27 heavy (non-hydrogen) atoms. The van der Waals surface area contributed by atoms with Crippen LogP contribution in [-0.4, -0.2) is 36.9 Å². The Bertz CT molecular complexity index is 925. The SMILES string of the molecule is CC(C)N(C(=O)c1cc2ccccc2s1)c1ccc(CC(=O)N(C)C)cc1. The number of likely N-dealkylation sites (N-methyl/N-ethyl adjacent to an activating group) is 1. The molecular formula is C22H24N2O2S. The standard InChI is InChI=1S/C22H24N2O2S/c1-15(2)24(18-11-9-16(10-12-18)13-21(25)23(3)4)22(26)20-14-17-7-5-6-8-19(17)27-20/h5-12,14-15H,13H2,1-4H3. The Morgan fingerprint density at radius 2 is 1.67 bits per heavy atom. The van der Waals surface area contributed by atoms with Crippen LogP contribution >= 0.6 is 11.3 Å². The van der Waals surface area contributed by atoms with Crippen molar-refractivity contribution in [2.24, 2.45) is 0 Å². The second-order valence-electron chi connectivity index (χ2n) is 7.05. The fraction of sp³-hybridized carbons (Fsp3) is 0.273. The van der Waals surface area contributed by atoms with Gasteiger partial charge >= 0.3 is 0 Å². The van der Waals surface area contributed by atoms with Crippen LogP contribution in [0.5, 0.6) is 0 Å². The fourth-order valence-electron chi connectivity index (χ4n) is 2.96. The van der Waals surface area contributed by atoms with Crippen molar-refractivity contribution in [2.75, 3.05) is 19.0 Å². The number of benzene rings is 2. The molecule has 0 radical (unpaired) electrons. The van der Waals surface area contributed by atoms with Gasteiger partial charge in [-0.2, -0.15) is 0 Å². The summed E-state index contributed by atoms with van der Waals surface area (Å²) in [6, 6.07) is 17.7. The summed E-state index contributed by atoms with van der Waals surface area (Å²) in [5, 5.41) is 1.09. The van der Waals surface area contributed by atoms with E-state index in [-0.39, 0.29) is 17.9 Å². The van der Waals surface area contributed by atoms with Gasteiger partial charge in [0.1, 0.15) is 0 Å². The maximum atomic E-state index is 13.2. The normalized spacial score (nSPS) is 11.0. The molecule has 3 aromatic rings. The van der Waals surface area contributed by atoms with Gasteiger partial charge in [-0.1, -0.05) is 30.3 Å². The van der Waals surface area contributed by atoms with Gasteiger partial charge in [-0.25, -0.2) is 0 Å². The molecule has 140 valence electrons. The quantitative estimate of drug-likeness (QED) is 0.650. The van der Waals surface area contributed by atoms with Crippen LogP contribution in [0.15, 0.2) is 54.6 Å². The predicted octanol–water partition coefficient (Wildman–Crippen LogP) is 4.59. The lowest BCUT2D eigenvalue weighted by Gasteiger charge is -2.26. The van der Waals surface area contributed by atoms with E-state index in [4.69, 9.17) is 0 Å². The average molecular weight is 381 g/mol. The van der Waals surface area contributed by atoms with E-state index in [2.05, 4.69) is 0 Å². The van der Waals surface area contributed by atoms with Crippen LogP contribution in [0, 0.1) is 0 Å². The van der Waals surface area contributed by atoms with E-state index in [1.165, 1.54) is 11.3 Å². The first kappa shape index (κ1) is 19.1. The molecule has 4 nitrogen and oxygen atoms in total. The van der Waals surface area contributed by atoms with Gasteiger partial charge in [-0.3, -0.25) is 9.59 Å². The molecule has 0 spiro atoms. The Morgan fingerprint density at radius 3 is 2.26 bits per heavy atom. The second-order valence-corrected chi connectivity index (χ2v) is 8.13. The number of hydrogen-bond acceptors (Lipinski definition) is 3. The van der Waals surface area contributed by atoms with Crippen molar-refractivity contribution in [1.29, 1.82) is 0 Å². The highest BCUT2D eigenvalue weighted by Gasteiger charge is 2.22. The maximum Gasteiger partial charge on any atom is 0.268 e. The molecule has 0 N–H and O–H groups in total. The minimum Gasteiger partial charge on any atom is -0.349 e. The lowest BCUT2D eigenvalue weighted by atomic mass is 10.1. The molecule has 3 rings (SSSR count). The molecule has 2 amide bonds. The van der Waals surface area contributed by atoms with Gasteiger partial charge in [0.25, 0.3) is 5.91 Å². The Kier molecular flexibility index (Phi) is 5.61. The van der Waals surface area contributed by atoms with E-state index in [1.54, 1.807) is 19.0 Å². The van der Waals surface area contributed by atoms with Crippen LogP contribution in [0.4, 0.5) is 5.69 Å². The number of carbonyl (C=O) groups excluding carboxylic acids is 2. The minimum atomic E-state index is 0.00307. The molecule has 0 aliphatic heterocycles. The number of hydrogen-bond donors (Lipinski definition) is 0. The number of fused-ring (bicyclic) bond motifs is 1. The van der Waals surface area contributed by atoms with Crippen molar-refractivity contribution in [3.05, 3.63) is 65.0 Å². The molecule has 1 aromatic heterocycles. The first-order chi connectivity index (χ1) is 12.9. The molecule has 0 saturated heterocycles. The molecule has 0 unspecified atom stereocenters. The molecule has 2 aromatic carbocycles. The van der Waals surface area contributed by atoms with E-state index < -0.39 is 0 Å². The highest BCUT2D eigenvalue weighted by atomic mass is 32.1. The third-order valence-corrected chi connectivity index (χ3v) is 5.54. The molecule has 0 aliphatic carbocycles. The molecular weight excluding hydrogens is 356 g/mol. The van der Waals surface area contributed by atoms with Gasteiger partial charge in [-0.15, -0.1) is 11.3 Å². The van der Waals surface area contributed by atoms with Crippen molar-refractivity contribution in [3.8, 4) is 0 Å². The summed E-state index contributed by atoms with van der Waals surface area (Å²) in [5.41, 5.74) is 1.78. The first-order valence-electron chi connectivity index (χ1n) is 8.98. The van der Waals surface area contributed by atoms with Crippen molar-refractivity contribution in [3.63, 3.8) is 0 Å². The number of rotatable bonds is 5. The zero-order valence-corrected chi connectivity index (χ0v) is 16.9. The predicted molar refractivity (Wildman–Crippen MR) is 113 cm³/mol. The molecule has 0 aliphatic rings. The van der Waals surface area contributed by atoms with Gasteiger partial charge in [0.15, 0.2) is 0 Å². The summed E-state index contributed by atoms with van der Waals surface area (Å²) in [7, 11) is 3.50. The van der Waals surface area contributed by atoms with Crippen LogP contribution in [0.25, 0.3) is 10.1 Å². The second kappa shape index (κ2) is 7.92. The van der Waals surface area contributed by atoms with E-state index in [9.17, 15) is 9.59 Å². The number of thiophene rings is 1. The Labute approximate surface area is 164 Å². The lowest BCUT2D eigenvalue weighted by Crippen LogP contribution is -2.36. The van der Waals surface area contributed by atoms with Crippen LogP contribution in [0.2, 0.25) is 0 Å². The van der Waals surface area contributed by atoms with Crippen molar-refractivity contribution in [2.45, 2.75) is 26.3 Å². The fourth-order valence-corrected chi connectivity index (χ4v) is 3.96. The van der Waals surface area contributed by atoms with Gasteiger partial charge < -0.3 is 9.80 Å². The molecule has 0 bridgehead atoms. The van der Waals surface area contributed by atoms with Crippen LogP contribution in [0.1, 0.15) is 29.1 Å². The molecule has 0 fully saturated rings. The minimum absolute atomic E-state index is 0.00307. The van der Waals surface area contributed by atoms with E-state index in [0.29, 0.717) is 6.42 Å². The maximum absolute atomic E-state index is 13.2. The largest absolute Gasteiger partial charge is 0.349 e. The lowest BCUT2D eigenvalue weighted by molar-refractivity contribution is -0.127. The zero-order valence-electron chi connectivity index (χ0n) is 16.1. The summed E-state index contributed by atoms with van der Waals surface area (Å²) in [6.07, 6.45) is 0.360. The highest BCUT2D eigenvalue weighted by Crippen LogP contribution is 2.29. The summed E-state index contributed by atoms with van der Waals surface area (Å²) in [4.78, 5) is 29.2. The van der Waals surface area contributed by atoms with E-state index >= 15 is 0 Å². The van der Waals surface area contributed by atoms with Gasteiger partial charge in [0, 0.05) is 30.5 Å². The Hall–Kier alpha value is -2.66. The van der Waals surface area contributed by atoms with Gasteiger partial charge in [0.05, 0.1) is 11.3 Å². The summed E-state index contributed by atoms with van der Waals surface area (Å²) >= 11 is 1.52. The van der Waals surface area contributed by atoms with Crippen LogP contribution in [-0.2, 0) is 11.2 Å². The van der Waals surface area contributed by atoms with Crippen LogP contribution in [0.3, 0.4) is 0 Å².